The van der Waals surface area contributed by atoms with Crippen LogP contribution < -0.4 is 10.6 Å². The second-order valence-electron chi connectivity index (χ2n) is 5.08. The molecule has 20 heavy (non-hydrogen) atoms. The van der Waals surface area contributed by atoms with Crippen LogP contribution in [0.1, 0.15) is 16.8 Å². The first-order valence-electron chi connectivity index (χ1n) is 6.76. The molecule has 2 N–H and O–H groups in total. The van der Waals surface area contributed by atoms with E-state index in [4.69, 9.17) is 0 Å². The third-order valence-electron chi connectivity index (χ3n) is 3.53. The number of anilines is 1. The van der Waals surface area contributed by atoms with Gasteiger partial charge in [-0.05, 0) is 30.2 Å². The Bertz CT molecular complexity index is 597. The predicted octanol–water partition coefficient (Wildman–Crippen LogP) is 2.04. The summed E-state index contributed by atoms with van der Waals surface area (Å²) in [5, 5.41) is 6.21. The van der Waals surface area contributed by atoms with Gasteiger partial charge in [-0.2, -0.15) is 0 Å². The number of para-hydroxylation sites is 1. The summed E-state index contributed by atoms with van der Waals surface area (Å²) in [6.45, 7) is 2.46. The summed E-state index contributed by atoms with van der Waals surface area (Å²) < 4.78 is 0. The zero-order valence-corrected chi connectivity index (χ0v) is 11.4. The van der Waals surface area contributed by atoms with Gasteiger partial charge in [-0.25, -0.2) is 0 Å². The summed E-state index contributed by atoms with van der Waals surface area (Å²) in [5.74, 6) is 0.0294. The van der Waals surface area contributed by atoms with Gasteiger partial charge in [0.15, 0.2) is 0 Å². The summed E-state index contributed by atoms with van der Waals surface area (Å²) in [5.41, 5.74) is 4.25. The Morgan fingerprint density at radius 3 is 2.95 bits per heavy atom. The van der Waals surface area contributed by atoms with Gasteiger partial charge in [0, 0.05) is 30.5 Å². The summed E-state index contributed by atoms with van der Waals surface area (Å²) in [7, 11) is 0. The third-order valence-corrected chi connectivity index (χ3v) is 3.53. The van der Waals surface area contributed by atoms with E-state index in [2.05, 4.69) is 21.7 Å². The standard InChI is InChI=1S/C16H17N3O/c1-11-6-7-12(9-17-11)10-18-16(20)15-8-13-4-2-3-5-14(13)19-15/h2-7,9,15,19H,8,10H2,1H3,(H,18,20). The SMILES string of the molecule is Cc1ccc(CNC(=O)C2Cc3ccccc3N2)cn1. The highest BCUT2D eigenvalue weighted by Crippen LogP contribution is 2.25. The zero-order valence-electron chi connectivity index (χ0n) is 11.4. The van der Waals surface area contributed by atoms with Crippen LogP contribution in [0.15, 0.2) is 42.6 Å². The molecule has 4 heteroatoms. The average molecular weight is 267 g/mol. The Morgan fingerprint density at radius 2 is 2.20 bits per heavy atom. The van der Waals surface area contributed by atoms with E-state index in [9.17, 15) is 4.79 Å². The van der Waals surface area contributed by atoms with E-state index < -0.39 is 0 Å². The second kappa shape index (κ2) is 5.33. The molecule has 0 radical (unpaired) electrons. The smallest absolute Gasteiger partial charge is 0.243 e. The van der Waals surface area contributed by atoms with Gasteiger partial charge in [-0.15, -0.1) is 0 Å². The molecule has 102 valence electrons. The zero-order chi connectivity index (χ0) is 13.9. The minimum absolute atomic E-state index is 0.0294. The lowest BCUT2D eigenvalue weighted by Gasteiger charge is -2.12. The average Bonchev–Trinajstić information content (AvgIpc) is 2.90. The maximum atomic E-state index is 12.2. The van der Waals surface area contributed by atoms with E-state index in [-0.39, 0.29) is 11.9 Å². The van der Waals surface area contributed by atoms with Gasteiger partial charge in [-0.3, -0.25) is 9.78 Å². The molecule has 3 rings (SSSR count). The van der Waals surface area contributed by atoms with E-state index in [1.807, 2.05) is 37.3 Å². The van der Waals surface area contributed by atoms with E-state index >= 15 is 0 Å². The predicted molar refractivity (Wildman–Crippen MR) is 78.4 cm³/mol. The van der Waals surface area contributed by atoms with Crippen LogP contribution in [0.3, 0.4) is 0 Å². The number of hydrogen-bond acceptors (Lipinski definition) is 3. The Morgan fingerprint density at radius 1 is 1.35 bits per heavy atom. The lowest BCUT2D eigenvalue weighted by atomic mass is 10.1. The summed E-state index contributed by atoms with van der Waals surface area (Å²) in [6.07, 6.45) is 2.54. The van der Waals surface area contributed by atoms with Gasteiger partial charge in [0.05, 0.1) is 0 Å². The number of hydrogen-bond donors (Lipinski definition) is 2. The van der Waals surface area contributed by atoms with Gasteiger partial charge in [-0.1, -0.05) is 24.3 Å². The van der Waals surface area contributed by atoms with Crippen LogP contribution in [0.2, 0.25) is 0 Å². The number of nitrogens with zero attached hydrogens (tertiary/aromatic N) is 1. The van der Waals surface area contributed by atoms with Crippen LogP contribution in [0.5, 0.6) is 0 Å². The van der Waals surface area contributed by atoms with Crippen molar-refractivity contribution in [3.8, 4) is 0 Å². The molecule has 1 atom stereocenters. The van der Waals surface area contributed by atoms with Gasteiger partial charge < -0.3 is 10.6 Å². The lowest BCUT2D eigenvalue weighted by molar-refractivity contribution is -0.121. The highest BCUT2D eigenvalue weighted by atomic mass is 16.2. The van der Waals surface area contributed by atoms with Crippen molar-refractivity contribution in [1.29, 1.82) is 0 Å². The van der Waals surface area contributed by atoms with Gasteiger partial charge >= 0.3 is 0 Å². The Kier molecular flexibility index (Phi) is 3.37. The van der Waals surface area contributed by atoms with Crippen molar-refractivity contribution >= 4 is 11.6 Å². The van der Waals surface area contributed by atoms with Crippen molar-refractivity contribution in [1.82, 2.24) is 10.3 Å². The summed E-state index contributed by atoms with van der Waals surface area (Å²) >= 11 is 0. The first kappa shape index (κ1) is 12.7. The molecule has 0 bridgehead atoms. The molecule has 0 fully saturated rings. The van der Waals surface area contributed by atoms with E-state index in [0.29, 0.717) is 6.54 Å². The molecule has 4 nitrogen and oxygen atoms in total. The number of carbonyl (C=O) groups is 1. The molecule has 0 spiro atoms. The number of pyridine rings is 1. The molecule has 0 saturated heterocycles. The number of aromatic nitrogens is 1. The van der Waals surface area contributed by atoms with Crippen molar-refractivity contribution < 1.29 is 4.79 Å². The van der Waals surface area contributed by atoms with Crippen LogP contribution in [0.25, 0.3) is 0 Å². The number of amides is 1. The number of aryl methyl sites for hydroxylation is 1. The molecule has 0 aliphatic carbocycles. The van der Waals surface area contributed by atoms with E-state index in [1.54, 1.807) is 6.20 Å². The minimum Gasteiger partial charge on any atom is -0.373 e. The largest absolute Gasteiger partial charge is 0.373 e. The molecule has 2 aromatic rings. The molecule has 0 saturated carbocycles. The minimum atomic E-state index is -0.175. The maximum absolute atomic E-state index is 12.2. The molecule has 1 aliphatic rings. The lowest BCUT2D eigenvalue weighted by Crippen LogP contribution is -2.38. The monoisotopic (exact) mass is 267 g/mol. The molecular formula is C16H17N3O. The van der Waals surface area contributed by atoms with Crippen molar-refractivity contribution in [3.05, 3.63) is 59.4 Å². The van der Waals surface area contributed by atoms with Crippen molar-refractivity contribution in [2.75, 3.05) is 5.32 Å². The van der Waals surface area contributed by atoms with Gasteiger partial charge in [0.2, 0.25) is 5.91 Å². The van der Waals surface area contributed by atoms with Crippen molar-refractivity contribution in [2.45, 2.75) is 25.9 Å². The molecule has 1 amide bonds. The van der Waals surface area contributed by atoms with Crippen LogP contribution in [0.4, 0.5) is 5.69 Å². The number of rotatable bonds is 3. The second-order valence-corrected chi connectivity index (χ2v) is 5.08. The molecule has 1 unspecified atom stereocenters. The summed E-state index contributed by atoms with van der Waals surface area (Å²) in [4.78, 5) is 16.4. The Hall–Kier alpha value is -2.36. The summed E-state index contributed by atoms with van der Waals surface area (Å²) in [6, 6.07) is 11.8. The quantitative estimate of drug-likeness (QED) is 0.895. The highest BCUT2D eigenvalue weighted by molar-refractivity contribution is 5.87. The maximum Gasteiger partial charge on any atom is 0.243 e. The highest BCUT2D eigenvalue weighted by Gasteiger charge is 2.25. The van der Waals surface area contributed by atoms with Crippen LogP contribution in [0, 0.1) is 6.92 Å². The van der Waals surface area contributed by atoms with Crippen LogP contribution in [-0.4, -0.2) is 16.9 Å². The fraction of sp³-hybridized carbons (Fsp3) is 0.250. The fourth-order valence-electron chi connectivity index (χ4n) is 2.37. The Balaban J connectivity index is 1.57. The fourth-order valence-corrected chi connectivity index (χ4v) is 2.37. The molecule has 1 aromatic carbocycles. The third kappa shape index (κ3) is 2.64. The Labute approximate surface area is 118 Å². The van der Waals surface area contributed by atoms with Crippen LogP contribution >= 0.6 is 0 Å². The number of carbonyl (C=O) groups excluding carboxylic acids is 1. The number of nitrogens with one attached hydrogen (secondary N) is 2. The first-order chi connectivity index (χ1) is 9.72. The number of fused-ring (bicyclic) bond motifs is 1. The molecule has 1 aliphatic heterocycles. The molecular weight excluding hydrogens is 250 g/mol. The molecule has 2 heterocycles. The number of benzene rings is 1. The topological polar surface area (TPSA) is 54.0 Å². The van der Waals surface area contributed by atoms with Crippen molar-refractivity contribution in [3.63, 3.8) is 0 Å². The first-order valence-corrected chi connectivity index (χ1v) is 6.76. The van der Waals surface area contributed by atoms with E-state index in [1.165, 1.54) is 5.56 Å². The van der Waals surface area contributed by atoms with Crippen LogP contribution in [-0.2, 0) is 17.8 Å². The molecule has 1 aromatic heterocycles. The van der Waals surface area contributed by atoms with E-state index in [0.717, 1.165) is 23.4 Å². The van der Waals surface area contributed by atoms with Gasteiger partial charge in [0.1, 0.15) is 6.04 Å². The van der Waals surface area contributed by atoms with Gasteiger partial charge in [0.25, 0.3) is 0 Å². The van der Waals surface area contributed by atoms with Crippen molar-refractivity contribution in [2.24, 2.45) is 0 Å². The normalized spacial score (nSPS) is 16.4.